The number of carbonyl (C=O) groups excluding carboxylic acids is 2. The number of nitrogens with one attached hydrogen (secondary N) is 1. The first-order valence-corrected chi connectivity index (χ1v) is 16.7. The van der Waals surface area contributed by atoms with Crippen LogP contribution < -0.4 is 5.32 Å². The number of aliphatic hydroxyl groups excluding tert-OH is 1. The number of nitro groups is 1. The van der Waals surface area contributed by atoms with Crippen LogP contribution in [0.4, 0.5) is 15.3 Å². The number of nitrogens with zero attached hydrogens (tertiary/aromatic N) is 3. The zero-order chi connectivity index (χ0) is 35.4. The van der Waals surface area contributed by atoms with Crippen molar-refractivity contribution in [3.05, 3.63) is 70.3 Å². The molecule has 260 valence electrons. The molecule has 15 heteroatoms. The highest BCUT2D eigenvalue weighted by molar-refractivity contribution is 7.89. The summed E-state index contributed by atoms with van der Waals surface area (Å²) in [7, 11) is -4.44. The summed E-state index contributed by atoms with van der Waals surface area (Å²) in [5.74, 6) is 0. The van der Waals surface area contributed by atoms with Crippen molar-refractivity contribution >= 4 is 27.9 Å². The fraction of sp³-hybridized carbons (Fsp3) is 0.562. The molecule has 1 fully saturated rings. The summed E-state index contributed by atoms with van der Waals surface area (Å²) in [6, 6.07) is 11.5. The molecular weight excluding hydrogens is 632 g/mol. The summed E-state index contributed by atoms with van der Waals surface area (Å²) >= 11 is 0. The second-order valence-corrected chi connectivity index (χ2v) is 15.8. The number of rotatable bonds is 11. The molecular formula is C32H46N4O10S. The summed E-state index contributed by atoms with van der Waals surface area (Å²) in [5, 5.41) is 25.5. The molecule has 0 unspecified atom stereocenters. The standard InChI is InChI=1S/C32H46N4O10S/c1-30(2,3)45-28(38)33-26(18-22-12-10-9-11-13-22)27(37)20-34(47(42,43)25-16-14-23(15-17-25)36(40)41)19-24-21-44-32(7,8)35(24)29(39)46-31(4,5)6/h9-17,24,26-27,37H,18-21H2,1-8H3,(H,33,38)/t24-,26-,27+/m0/s1. The van der Waals surface area contributed by atoms with Gasteiger partial charge < -0.3 is 24.6 Å². The van der Waals surface area contributed by atoms with Gasteiger partial charge in [-0.15, -0.1) is 0 Å². The van der Waals surface area contributed by atoms with Crippen LogP contribution >= 0.6 is 0 Å². The van der Waals surface area contributed by atoms with Gasteiger partial charge in [-0.3, -0.25) is 15.0 Å². The van der Waals surface area contributed by atoms with Gasteiger partial charge in [0.2, 0.25) is 10.0 Å². The molecule has 3 rings (SSSR count). The number of carbonyl (C=O) groups is 2. The molecule has 2 aromatic rings. The van der Waals surface area contributed by atoms with E-state index < -0.39 is 68.8 Å². The van der Waals surface area contributed by atoms with Crippen molar-refractivity contribution in [1.82, 2.24) is 14.5 Å². The zero-order valence-electron chi connectivity index (χ0n) is 28.1. The summed E-state index contributed by atoms with van der Waals surface area (Å²) < 4.78 is 46.2. The van der Waals surface area contributed by atoms with E-state index in [4.69, 9.17) is 14.2 Å². The summed E-state index contributed by atoms with van der Waals surface area (Å²) in [5.41, 5.74) is -2.37. The third-order valence-electron chi connectivity index (χ3n) is 7.12. The molecule has 0 radical (unpaired) electrons. The average Bonchev–Trinajstić information content (AvgIpc) is 3.24. The van der Waals surface area contributed by atoms with Crippen LogP contribution in [-0.4, -0.2) is 94.7 Å². The van der Waals surface area contributed by atoms with Gasteiger partial charge in [0.1, 0.15) is 16.9 Å². The van der Waals surface area contributed by atoms with Crippen molar-refractivity contribution in [3.8, 4) is 0 Å². The highest BCUT2D eigenvalue weighted by Gasteiger charge is 2.47. The molecule has 14 nitrogen and oxygen atoms in total. The fourth-order valence-electron chi connectivity index (χ4n) is 5.04. The van der Waals surface area contributed by atoms with E-state index in [2.05, 4.69) is 5.32 Å². The number of nitro benzene ring substituents is 1. The lowest BCUT2D eigenvalue weighted by molar-refractivity contribution is -0.384. The van der Waals surface area contributed by atoms with E-state index in [-0.39, 0.29) is 30.2 Å². The normalized spacial score (nSPS) is 18.0. The number of aliphatic hydroxyl groups is 1. The monoisotopic (exact) mass is 678 g/mol. The van der Waals surface area contributed by atoms with Crippen LogP contribution in [0.3, 0.4) is 0 Å². The molecule has 0 aromatic heterocycles. The Morgan fingerprint density at radius 3 is 2.17 bits per heavy atom. The molecule has 0 saturated carbocycles. The van der Waals surface area contributed by atoms with Gasteiger partial charge in [-0.25, -0.2) is 18.0 Å². The van der Waals surface area contributed by atoms with E-state index in [1.54, 1.807) is 79.7 Å². The van der Waals surface area contributed by atoms with E-state index in [1.807, 2.05) is 6.07 Å². The summed E-state index contributed by atoms with van der Waals surface area (Å²) in [6.45, 7) is 12.6. The molecule has 1 saturated heterocycles. The van der Waals surface area contributed by atoms with Crippen LogP contribution in [0.1, 0.15) is 61.0 Å². The lowest BCUT2D eigenvalue weighted by Crippen LogP contribution is -2.56. The number of sulfonamides is 1. The van der Waals surface area contributed by atoms with Crippen molar-refractivity contribution in [3.63, 3.8) is 0 Å². The molecule has 47 heavy (non-hydrogen) atoms. The molecule has 1 heterocycles. The topological polar surface area (TPSA) is 178 Å². The maximum Gasteiger partial charge on any atom is 0.412 e. The molecule has 2 N–H and O–H groups in total. The highest BCUT2D eigenvalue weighted by Crippen LogP contribution is 2.31. The van der Waals surface area contributed by atoms with Gasteiger partial charge in [0.05, 0.1) is 34.6 Å². The first kappa shape index (κ1) is 37.7. The predicted molar refractivity (Wildman–Crippen MR) is 173 cm³/mol. The lowest BCUT2D eigenvalue weighted by atomic mass is 10.0. The van der Waals surface area contributed by atoms with Crippen LogP contribution in [0.25, 0.3) is 0 Å². The minimum atomic E-state index is -4.44. The highest BCUT2D eigenvalue weighted by atomic mass is 32.2. The Kier molecular flexibility index (Phi) is 11.7. The van der Waals surface area contributed by atoms with E-state index >= 15 is 0 Å². The maximum atomic E-state index is 14.2. The van der Waals surface area contributed by atoms with E-state index in [1.165, 1.54) is 4.90 Å². The van der Waals surface area contributed by atoms with Gasteiger partial charge in [-0.1, -0.05) is 30.3 Å². The second-order valence-electron chi connectivity index (χ2n) is 13.8. The number of alkyl carbamates (subject to hydrolysis) is 1. The molecule has 0 spiro atoms. The molecule has 1 aliphatic heterocycles. The number of amides is 2. The third-order valence-corrected chi connectivity index (χ3v) is 8.97. The molecule has 3 atom stereocenters. The summed E-state index contributed by atoms with van der Waals surface area (Å²) in [6.07, 6.45) is -2.85. The van der Waals surface area contributed by atoms with Gasteiger partial charge in [0.15, 0.2) is 0 Å². The van der Waals surface area contributed by atoms with E-state index in [0.717, 1.165) is 34.1 Å². The van der Waals surface area contributed by atoms with E-state index in [0.29, 0.717) is 0 Å². The number of hydrogen-bond acceptors (Lipinski definition) is 10. The lowest BCUT2D eigenvalue weighted by Gasteiger charge is -2.37. The van der Waals surface area contributed by atoms with Crippen LogP contribution in [-0.2, 0) is 30.7 Å². The van der Waals surface area contributed by atoms with Gasteiger partial charge in [0.25, 0.3) is 5.69 Å². The smallest absolute Gasteiger partial charge is 0.412 e. The number of benzene rings is 2. The Morgan fingerprint density at radius 2 is 1.64 bits per heavy atom. The van der Waals surface area contributed by atoms with Crippen LogP contribution in [0.15, 0.2) is 59.5 Å². The molecule has 2 amide bonds. The van der Waals surface area contributed by atoms with Crippen molar-refractivity contribution in [2.75, 3.05) is 19.7 Å². The molecule has 0 aliphatic carbocycles. The minimum Gasteiger partial charge on any atom is -0.444 e. The van der Waals surface area contributed by atoms with Crippen LogP contribution in [0.5, 0.6) is 0 Å². The Morgan fingerprint density at radius 1 is 1.06 bits per heavy atom. The van der Waals surface area contributed by atoms with Crippen molar-refractivity contribution < 1.29 is 42.2 Å². The Bertz CT molecular complexity index is 1500. The maximum absolute atomic E-state index is 14.2. The number of hydrogen-bond donors (Lipinski definition) is 2. The van der Waals surface area contributed by atoms with Gasteiger partial charge >= 0.3 is 12.2 Å². The van der Waals surface area contributed by atoms with Crippen molar-refractivity contribution in [1.29, 1.82) is 0 Å². The molecule has 2 aromatic carbocycles. The Balaban J connectivity index is 2.02. The summed E-state index contributed by atoms with van der Waals surface area (Å²) in [4.78, 5) is 37.8. The Hall–Kier alpha value is -3.79. The quantitative estimate of drug-likeness (QED) is 0.255. The average molecular weight is 679 g/mol. The molecule has 0 bridgehead atoms. The van der Waals surface area contributed by atoms with Gasteiger partial charge in [-0.2, -0.15) is 4.31 Å². The largest absolute Gasteiger partial charge is 0.444 e. The van der Waals surface area contributed by atoms with Crippen molar-refractivity contribution in [2.45, 2.75) is 102 Å². The van der Waals surface area contributed by atoms with E-state index in [9.17, 15) is 33.2 Å². The first-order chi connectivity index (χ1) is 21.6. The zero-order valence-corrected chi connectivity index (χ0v) is 28.9. The van der Waals surface area contributed by atoms with Gasteiger partial charge in [-0.05, 0) is 79.5 Å². The Labute approximate surface area is 276 Å². The van der Waals surface area contributed by atoms with Crippen LogP contribution in [0, 0.1) is 10.1 Å². The van der Waals surface area contributed by atoms with Crippen molar-refractivity contribution in [2.24, 2.45) is 0 Å². The minimum absolute atomic E-state index is 0.0434. The second kappa shape index (κ2) is 14.5. The number of non-ortho nitro benzene ring substituents is 1. The van der Waals surface area contributed by atoms with Gasteiger partial charge in [0, 0.05) is 25.2 Å². The number of ether oxygens (including phenoxy) is 3. The molecule has 1 aliphatic rings. The fourth-order valence-corrected chi connectivity index (χ4v) is 6.53. The first-order valence-electron chi connectivity index (χ1n) is 15.2. The predicted octanol–water partition coefficient (Wildman–Crippen LogP) is 4.45. The third kappa shape index (κ3) is 10.6. The van der Waals surface area contributed by atoms with Crippen LogP contribution in [0.2, 0.25) is 0 Å². The SMILES string of the molecule is CC(C)(C)OC(=O)N[C@@H](Cc1ccccc1)[C@H](O)CN(C[C@H]1COC(C)(C)N1C(=O)OC(C)(C)C)S(=O)(=O)c1ccc([N+](=O)[O-])cc1.